The molecule has 2 N–H and O–H groups in total. The summed E-state index contributed by atoms with van der Waals surface area (Å²) in [5.74, 6) is 1.53. The van der Waals surface area contributed by atoms with E-state index >= 15 is 0 Å². The molecule has 0 spiro atoms. The minimum Gasteiger partial charge on any atom is -0.497 e. The highest BCUT2D eigenvalue weighted by Gasteiger charge is 2.20. The number of methoxy groups -OCH3 is 1. The third-order valence-corrected chi connectivity index (χ3v) is 3.60. The average molecular weight is 306 g/mol. The number of hydrogen-bond donors (Lipinski definition) is 1. The molecule has 0 bridgehead atoms. The Balaban J connectivity index is 2.25. The van der Waals surface area contributed by atoms with Crippen LogP contribution in [0.25, 0.3) is 0 Å². The van der Waals surface area contributed by atoms with Crippen LogP contribution in [0.3, 0.4) is 0 Å². The highest BCUT2D eigenvalue weighted by Crippen LogP contribution is 2.28. The predicted octanol–water partition coefficient (Wildman–Crippen LogP) is 4.21. The van der Waals surface area contributed by atoms with E-state index in [2.05, 4.69) is 0 Å². The van der Waals surface area contributed by atoms with Crippen LogP contribution in [0.4, 0.5) is 0 Å². The van der Waals surface area contributed by atoms with Crippen LogP contribution >= 0.6 is 11.6 Å². The van der Waals surface area contributed by atoms with Crippen molar-refractivity contribution in [2.75, 3.05) is 7.11 Å². The monoisotopic (exact) mass is 305 g/mol. The fraction of sp³-hybridized carbons (Fsp3) is 0.294. The van der Waals surface area contributed by atoms with Crippen molar-refractivity contribution in [3.05, 3.63) is 59.1 Å². The molecule has 0 fully saturated rings. The molecule has 0 saturated carbocycles. The smallest absolute Gasteiger partial charge is 0.139 e. The maximum absolute atomic E-state index is 6.22. The lowest BCUT2D eigenvalue weighted by atomic mass is 10.0. The summed E-state index contributed by atoms with van der Waals surface area (Å²) in [5, 5.41) is 0.644. The number of rotatable bonds is 6. The van der Waals surface area contributed by atoms with E-state index in [4.69, 9.17) is 26.8 Å². The molecule has 2 aromatic rings. The summed E-state index contributed by atoms with van der Waals surface area (Å²) in [6.07, 6.45) is 0.594. The molecule has 2 aromatic carbocycles. The van der Waals surface area contributed by atoms with Crippen LogP contribution in [0.15, 0.2) is 48.5 Å². The topological polar surface area (TPSA) is 44.5 Å². The third-order valence-electron chi connectivity index (χ3n) is 3.36. The van der Waals surface area contributed by atoms with Gasteiger partial charge in [0, 0.05) is 11.1 Å². The van der Waals surface area contributed by atoms with E-state index in [-0.39, 0.29) is 12.1 Å². The number of nitrogens with two attached hydrogens (primary N) is 1. The van der Waals surface area contributed by atoms with E-state index in [9.17, 15) is 0 Å². The molecule has 0 aliphatic heterocycles. The Kier molecular flexibility index (Phi) is 5.48. The van der Waals surface area contributed by atoms with Gasteiger partial charge < -0.3 is 15.2 Å². The SMILES string of the molecule is CCC(N)C(Oc1cccc(Cl)c1)c1ccc(OC)cc1. The van der Waals surface area contributed by atoms with Crippen molar-refractivity contribution in [3.8, 4) is 11.5 Å². The second-order valence-corrected chi connectivity index (χ2v) is 5.28. The first-order valence-corrected chi connectivity index (χ1v) is 7.33. The molecule has 21 heavy (non-hydrogen) atoms. The average Bonchev–Trinajstić information content (AvgIpc) is 2.52. The molecule has 0 aliphatic rings. The van der Waals surface area contributed by atoms with E-state index in [1.165, 1.54) is 0 Å². The summed E-state index contributed by atoms with van der Waals surface area (Å²) < 4.78 is 11.2. The summed E-state index contributed by atoms with van der Waals surface area (Å²) in [4.78, 5) is 0. The molecule has 0 amide bonds. The minimum absolute atomic E-state index is 0.0997. The van der Waals surface area contributed by atoms with Gasteiger partial charge in [-0.05, 0) is 42.3 Å². The van der Waals surface area contributed by atoms with Crippen molar-refractivity contribution in [2.24, 2.45) is 5.73 Å². The zero-order valence-corrected chi connectivity index (χ0v) is 13.0. The lowest BCUT2D eigenvalue weighted by Crippen LogP contribution is -2.31. The molecule has 112 valence electrons. The van der Waals surface area contributed by atoms with Gasteiger partial charge in [0.1, 0.15) is 17.6 Å². The second kappa shape index (κ2) is 7.34. The lowest BCUT2D eigenvalue weighted by Gasteiger charge is -2.25. The molecule has 4 heteroatoms. The van der Waals surface area contributed by atoms with Crippen LogP contribution in [0, 0.1) is 0 Å². The Morgan fingerprint density at radius 3 is 2.38 bits per heavy atom. The second-order valence-electron chi connectivity index (χ2n) is 4.84. The van der Waals surface area contributed by atoms with Crippen LogP contribution in [-0.4, -0.2) is 13.2 Å². The number of hydrogen-bond acceptors (Lipinski definition) is 3. The van der Waals surface area contributed by atoms with Crippen molar-refractivity contribution in [1.82, 2.24) is 0 Å². The van der Waals surface area contributed by atoms with Crippen molar-refractivity contribution in [1.29, 1.82) is 0 Å². The van der Waals surface area contributed by atoms with Crippen LogP contribution in [-0.2, 0) is 0 Å². The van der Waals surface area contributed by atoms with Gasteiger partial charge in [0.05, 0.1) is 7.11 Å². The summed E-state index contributed by atoms with van der Waals surface area (Å²) in [6.45, 7) is 2.04. The van der Waals surface area contributed by atoms with Crippen LogP contribution in [0.1, 0.15) is 25.0 Å². The Morgan fingerprint density at radius 2 is 1.81 bits per heavy atom. The standard InChI is InChI=1S/C17H20ClNO2/c1-3-16(19)17(12-7-9-14(20-2)10-8-12)21-15-6-4-5-13(18)11-15/h4-11,16-17H,3,19H2,1-2H3. The molecule has 0 radical (unpaired) electrons. The highest BCUT2D eigenvalue weighted by atomic mass is 35.5. The van der Waals surface area contributed by atoms with Gasteiger partial charge in [-0.2, -0.15) is 0 Å². The van der Waals surface area contributed by atoms with Gasteiger partial charge in [-0.1, -0.05) is 36.7 Å². The van der Waals surface area contributed by atoms with Crippen LogP contribution < -0.4 is 15.2 Å². The fourth-order valence-electron chi connectivity index (χ4n) is 2.10. The van der Waals surface area contributed by atoms with Gasteiger partial charge in [0.2, 0.25) is 0 Å². The summed E-state index contributed by atoms with van der Waals surface area (Å²) >= 11 is 6.00. The van der Waals surface area contributed by atoms with Crippen molar-refractivity contribution in [3.63, 3.8) is 0 Å². The normalized spacial score (nSPS) is 13.5. The summed E-state index contributed by atoms with van der Waals surface area (Å²) in [5.41, 5.74) is 7.24. The first kappa shape index (κ1) is 15.7. The van der Waals surface area contributed by atoms with Crippen LogP contribution in [0.5, 0.6) is 11.5 Å². The maximum atomic E-state index is 6.22. The zero-order chi connectivity index (χ0) is 15.2. The summed E-state index contributed by atoms with van der Waals surface area (Å²) in [6, 6.07) is 15.0. The summed E-state index contributed by atoms with van der Waals surface area (Å²) in [7, 11) is 1.65. The lowest BCUT2D eigenvalue weighted by molar-refractivity contribution is 0.171. The Labute approximate surface area is 130 Å². The van der Waals surface area contributed by atoms with Gasteiger partial charge in [0.25, 0.3) is 0 Å². The number of halogens is 1. The molecule has 3 nitrogen and oxygen atoms in total. The van der Waals surface area contributed by atoms with Gasteiger partial charge in [-0.25, -0.2) is 0 Å². The largest absolute Gasteiger partial charge is 0.497 e. The van der Waals surface area contributed by atoms with Gasteiger partial charge in [-0.3, -0.25) is 0 Å². The van der Waals surface area contributed by atoms with Gasteiger partial charge in [0.15, 0.2) is 0 Å². The molecule has 0 aliphatic carbocycles. The minimum atomic E-state index is -0.223. The first-order chi connectivity index (χ1) is 10.1. The van der Waals surface area contributed by atoms with Crippen molar-refractivity contribution >= 4 is 11.6 Å². The molecule has 2 rings (SSSR count). The van der Waals surface area contributed by atoms with Crippen molar-refractivity contribution < 1.29 is 9.47 Å². The van der Waals surface area contributed by atoms with E-state index in [1.807, 2.05) is 49.4 Å². The van der Waals surface area contributed by atoms with Crippen LogP contribution in [0.2, 0.25) is 5.02 Å². The van der Waals surface area contributed by atoms with Crippen molar-refractivity contribution in [2.45, 2.75) is 25.5 Å². The van der Waals surface area contributed by atoms with E-state index in [0.717, 1.165) is 17.7 Å². The maximum Gasteiger partial charge on any atom is 0.139 e. The quantitative estimate of drug-likeness (QED) is 0.869. The molecule has 0 aromatic heterocycles. The van der Waals surface area contributed by atoms with Gasteiger partial charge >= 0.3 is 0 Å². The molecule has 0 heterocycles. The molecular weight excluding hydrogens is 286 g/mol. The predicted molar refractivity (Wildman–Crippen MR) is 86.1 cm³/mol. The van der Waals surface area contributed by atoms with E-state index in [1.54, 1.807) is 13.2 Å². The Bertz CT molecular complexity index is 571. The zero-order valence-electron chi connectivity index (χ0n) is 12.3. The number of benzene rings is 2. The third kappa shape index (κ3) is 4.13. The molecule has 2 atom stereocenters. The number of ether oxygens (including phenoxy) is 2. The molecule has 0 saturated heterocycles. The van der Waals surface area contributed by atoms with Gasteiger partial charge in [-0.15, -0.1) is 0 Å². The van der Waals surface area contributed by atoms with E-state index in [0.29, 0.717) is 10.8 Å². The fourth-order valence-corrected chi connectivity index (χ4v) is 2.28. The van der Waals surface area contributed by atoms with E-state index < -0.39 is 0 Å². The highest BCUT2D eigenvalue weighted by molar-refractivity contribution is 6.30. The molecular formula is C17H20ClNO2. The molecule has 2 unspecified atom stereocenters. The Morgan fingerprint density at radius 1 is 1.10 bits per heavy atom. The first-order valence-electron chi connectivity index (χ1n) is 6.95. The Hall–Kier alpha value is -1.71.